The summed E-state index contributed by atoms with van der Waals surface area (Å²) in [5.74, 6) is 2.21. The van der Waals surface area contributed by atoms with Gasteiger partial charge in [-0.1, -0.05) is 18.2 Å². The van der Waals surface area contributed by atoms with E-state index in [-0.39, 0.29) is 12.1 Å². The highest BCUT2D eigenvalue weighted by molar-refractivity contribution is 5.69. The number of allylic oxidation sites excluding steroid dienone is 1. The van der Waals surface area contributed by atoms with Gasteiger partial charge >= 0.3 is 5.97 Å². The number of ether oxygens (including phenoxy) is 1. The summed E-state index contributed by atoms with van der Waals surface area (Å²) in [6, 6.07) is 10.4. The Labute approximate surface area is 163 Å². The van der Waals surface area contributed by atoms with Gasteiger partial charge in [-0.05, 0) is 93.2 Å². The summed E-state index contributed by atoms with van der Waals surface area (Å²) in [6.07, 6.45) is 12.6. The molecular formula is C24H31NO2. The molecule has 0 unspecified atom stereocenters. The van der Waals surface area contributed by atoms with Gasteiger partial charge in [0.1, 0.15) is 6.10 Å². The normalized spacial score (nSPS) is 28.1. The number of rotatable bonds is 6. The highest BCUT2D eigenvalue weighted by atomic mass is 16.5. The first-order valence-corrected chi connectivity index (χ1v) is 10.5. The van der Waals surface area contributed by atoms with Gasteiger partial charge in [0, 0.05) is 6.42 Å². The van der Waals surface area contributed by atoms with E-state index in [1.807, 2.05) is 12.1 Å². The number of carbonyl (C=O) groups excluding carboxylic acids is 1. The molecule has 2 aliphatic rings. The van der Waals surface area contributed by atoms with Crippen molar-refractivity contribution >= 4 is 5.97 Å². The lowest BCUT2D eigenvalue weighted by Gasteiger charge is -2.37. The van der Waals surface area contributed by atoms with Crippen molar-refractivity contribution in [2.24, 2.45) is 11.8 Å². The summed E-state index contributed by atoms with van der Waals surface area (Å²) in [5, 5.41) is 8.94. The van der Waals surface area contributed by atoms with Crippen molar-refractivity contribution in [3.8, 4) is 6.07 Å². The van der Waals surface area contributed by atoms with E-state index >= 15 is 0 Å². The maximum atomic E-state index is 11.8. The van der Waals surface area contributed by atoms with E-state index in [9.17, 15) is 4.79 Å². The summed E-state index contributed by atoms with van der Waals surface area (Å²) in [6.45, 7) is 3.65. The van der Waals surface area contributed by atoms with Gasteiger partial charge in [-0.2, -0.15) is 5.26 Å². The van der Waals surface area contributed by atoms with Crippen molar-refractivity contribution < 1.29 is 9.53 Å². The Hall–Kier alpha value is -2.08. The zero-order valence-electron chi connectivity index (χ0n) is 16.2. The largest absolute Gasteiger partial charge is 0.462 e. The average Bonchev–Trinajstić information content (AvgIpc) is 2.73. The van der Waals surface area contributed by atoms with Crippen LogP contribution < -0.4 is 0 Å². The molecule has 0 aromatic heterocycles. The van der Waals surface area contributed by atoms with Gasteiger partial charge in [0.05, 0.1) is 11.6 Å². The number of benzene rings is 1. The number of carbonyl (C=O) groups is 1. The lowest BCUT2D eigenvalue weighted by Crippen LogP contribution is -2.29. The molecule has 0 bridgehead atoms. The Bertz CT molecular complexity index is 657. The number of esters is 1. The molecule has 2 aliphatic carbocycles. The fraction of sp³-hybridized carbons (Fsp3) is 0.583. The molecule has 0 radical (unpaired) electrons. The molecule has 1 aromatic rings. The second-order valence-electron chi connectivity index (χ2n) is 8.20. The van der Waals surface area contributed by atoms with Crippen LogP contribution in [-0.2, 0) is 9.53 Å². The van der Waals surface area contributed by atoms with Crippen LogP contribution in [0.3, 0.4) is 0 Å². The van der Waals surface area contributed by atoms with Crippen LogP contribution in [0.1, 0.15) is 81.3 Å². The molecule has 0 amide bonds. The van der Waals surface area contributed by atoms with Gasteiger partial charge in [-0.15, -0.1) is 6.58 Å². The summed E-state index contributed by atoms with van der Waals surface area (Å²) in [4.78, 5) is 11.8. The van der Waals surface area contributed by atoms with Crippen LogP contribution in [0.25, 0.3) is 0 Å². The van der Waals surface area contributed by atoms with Crippen LogP contribution in [0.2, 0.25) is 0 Å². The third-order valence-electron chi connectivity index (χ3n) is 6.52. The molecule has 2 fully saturated rings. The maximum absolute atomic E-state index is 11.8. The number of nitriles is 1. The summed E-state index contributed by atoms with van der Waals surface area (Å²) >= 11 is 0. The minimum absolute atomic E-state index is 0.0683. The Kier molecular flexibility index (Phi) is 7.10. The second-order valence-corrected chi connectivity index (χ2v) is 8.20. The van der Waals surface area contributed by atoms with Gasteiger partial charge in [0.25, 0.3) is 0 Å². The monoisotopic (exact) mass is 365 g/mol. The first-order valence-electron chi connectivity index (χ1n) is 10.5. The SMILES string of the molecule is C=CCCC(=O)O[C@H]1CC[C@H]([C@H]2CC[C@H](c3ccc(C#N)cc3)CC2)CC1. The molecule has 3 heteroatoms. The van der Waals surface area contributed by atoms with Gasteiger partial charge in [0.15, 0.2) is 0 Å². The average molecular weight is 366 g/mol. The van der Waals surface area contributed by atoms with E-state index in [0.29, 0.717) is 18.8 Å². The Morgan fingerprint density at radius 3 is 2.19 bits per heavy atom. The van der Waals surface area contributed by atoms with Crippen molar-refractivity contribution in [2.45, 2.75) is 76.2 Å². The predicted octanol–water partition coefficient (Wildman–Crippen LogP) is 5.90. The summed E-state index contributed by atoms with van der Waals surface area (Å²) in [5.41, 5.74) is 2.14. The van der Waals surface area contributed by atoms with Crippen molar-refractivity contribution in [1.82, 2.24) is 0 Å². The van der Waals surface area contributed by atoms with E-state index in [1.165, 1.54) is 44.1 Å². The topological polar surface area (TPSA) is 50.1 Å². The zero-order valence-corrected chi connectivity index (χ0v) is 16.2. The minimum atomic E-state index is -0.0683. The highest BCUT2D eigenvalue weighted by Gasteiger charge is 2.32. The van der Waals surface area contributed by atoms with Gasteiger partial charge in [0.2, 0.25) is 0 Å². The summed E-state index contributed by atoms with van der Waals surface area (Å²) in [7, 11) is 0. The van der Waals surface area contributed by atoms with Gasteiger partial charge in [-0.3, -0.25) is 4.79 Å². The van der Waals surface area contributed by atoms with Gasteiger partial charge < -0.3 is 4.74 Å². The summed E-state index contributed by atoms with van der Waals surface area (Å²) < 4.78 is 5.61. The first kappa shape index (κ1) is 19.7. The van der Waals surface area contributed by atoms with Crippen LogP contribution in [0.5, 0.6) is 0 Å². The fourth-order valence-electron chi connectivity index (χ4n) is 4.90. The van der Waals surface area contributed by atoms with Crippen molar-refractivity contribution in [2.75, 3.05) is 0 Å². The van der Waals surface area contributed by atoms with Crippen LogP contribution in [-0.4, -0.2) is 12.1 Å². The van der Waals surface area contributed by atoms with Crippen LogP contribution in [0.4, 0.5) is 0 Å². The van der Waals surface area contributed by atoms with E-state index in [0.717, 1.165) is 30.2 Å². The Balaban J connectivity index is 1.41. The smallest absolute Gasteiger partial charge is 0.306 e. The maximum Gasteiger partial charge on any atom is 0.306 e. The van der Waals surface area contributed by atoms with Crippen LogP contribution >= 0.6 is 0 Å². The Morgan fingerprint density at radius 1 is 1.04 bits per heavy atom. The zero-order chi connectivity index (χ0) is 19.1. The lowest BCUT2D eigenvalue weighted by atomic mass is 9.69. The van der Waals surface area contributed by atoms with Crippen LogP contribution in [0, 0.1) is 23.2 Å². The third-order valence-corrected chi connectivity index (χ3v) is 6.52. The predicted molar refractivity (Wildman–Crippen MR) is 107 cm³/mol. The molecular weight excluding hydrogens is 334 g/mol. The van der Waals surface area contributed by atoms with Crippen LogP contribution in [0.15, 0.2) is 36.9 Å². The molecule has 3 rings (SSSR count). The van der Waals surface area contributed by atoms with E-state index in [4.69, 9.17) is 10.00 Å². The standard InChI is InChI=1S/C24H31NO2/c1-2-3-4-24(26)27-23-15-13-22(14-16-23)21-11-9-20(10-12-21)19-7-5-18(17-25)6-8-19/h2,5-8,20-23H,1,3-4,9-16H2/t20-,21-,22-,23-. The molecule has 27 heavy (non-hydrogen) atoms. The molecule has 2 saturated carbocycles. The molecule has 3 nitrogen and oxygen atoms in total. The molecule has 0 heterocycles. The van der Waals surface area contributed by atoms with Crippen molar-refractivity contribution in [3.05, 3.63) is 48.0 Å². The molecule has 1 aromatic carbocycles. The quantitative estimate of drug-likeness (QED) is 0.466. The molecule has 0 aliphatic heterocycles. The fourth-order valence-corrected chi connectivity index (χ4v) is 4.90. The van der Waals surface area contributed by atoms with Gasteiger partial charge in [-0.25, -0.2) is 0 Å². The minimum Gasteiger partial charge on any atom is -0.462 e. The molecule has 0 atom stereocenters. The molecule has 0 saturated heterocycles. The van der Waals surface area contributed by atoms with Crippen molar-refractivity contribution in [1.29, 1.82) is 5.26 Å². The number of nitrogens with zero attached hydrogens (tertiary/aromatic N) is 1. The Morgan fingerprint density at radius 2 is 1.63 bits per heavy atom. The number of hydrogen-bond donors (Lipinski definition) is 0. The van der Waals surface area contributed by atoms with E-state index < -0.39 is 0 Å². The molecule has 144 valence electrons. The van der Waals surface area contributed by atoms with E-state index in [1.54, 1.807) is 6.08 Å². The van der Waals surface area contributed by atoms with E-state index in [2.05, 4.69) is 24.8 Å². The molecule has 0 spiro atoms. The first-order chi connectivity index (χ1) is 13.2. The third kappa shape index (κ3) is 5.45. The second kappa shape index (κ2) is 9.74. The lowest BCUT2D eigenvalue weighted by molar-refractivity contribution is -0.151. The highest BCUT2D eigenvalue weighted by Crippen LogP contribution is 2.43. The number of hydrogen-bond acceptors (Lipinski definition) is 3. The molecule has 0 N–H and O–H groups in total. The van der Waals surface area contributed by atoms with Crippen molar-refractivity contribution in [3.63, 3.8) is 0 Å².